The van der Waals surface area contributed by atoms with Crippen molar-refractivity contribution in [3.63, 3.8) is 0 Å². The first-order valence-electron chi connectivity index (χ1n) is 6.22. The number of hydrogen-bond donors (Lipinski definition) is 3. The fraction of sp³-hybridized carbons (Fsp3) is 0.667. The highest BCUT2D eigenvalue weighted by Crippen LogP contribution is 2.16. The summed E-state index contributed by atoms with van der Waals surface area (Å²) in [5.41, 5.74) is 0.451. The molecule has 20 heavy (non-hydrogen) atoms. The number of rotatable bonds is 5. The number of aliphatic hydroxyl groups is 1. The van der Waals surface area contributed by atoms with Crippen LogP contribution in [0.3, 0.4) is 0 Å². The standard InChI is InChI=1S/C12H21N5O.2ClH/c1-13-11-15-5-10(6-16-11)7-17(2)9-12(18)3-4-14-8-12;;/h5-6,14,18H,3-4,7-9H2,1-2H3,(H,13,15,16);2*1H. The van der Waals surface area contributed by atoms with Gasteiger partial charge in [0.2, 0.25) is 5.95 Å². The van der Waals surface area contributed by atoms with Crippen molar-refractivity contribution in [2.45, 2.75) is 18.6 Å². The summed E-state index contributed by atoms with van der Waals surface area (Å²) >= 11 is 0. The second-order valence-corrected chi connectivity index (χ2v) is 4.99. The van der Waals surface area contributed by atoms with Crippen molar-refractivity contribution in [3.05, 3.63) is 18.0 Å². The fourth-order valence-corrected chi connectivity index (χ4v) is 2.30. The number of halogens is 2. The smallest absolute Gasteiger partial charge is 0.222 e. The molecule has 0 bridgehead atoms. The van der Waals surface area contributed by atoms with Gasteiger partial charge in [-0.1, -0.05) is 0 Å². The normalized spacial score (nSPS) is 21.2. The molecule has 3 N–H and O–H groups in total. The van der Waals surface area contributed by atoms with E-state index in [4.69, 9.17) is 0 Å². The summed E-state index contributed by atoms with van der Waals surface area (Å²) in [7, 11) is 3.80. The van der Waals surface area contributed by atoms with Gasteiger partial charge in [0.1, 0.15) is 0 Å². The number of anilines is 1. The first kappa shape index (κ1) is 19.3. The minimum Gasteiger partial charge on any atom is -0.387 e. The van der Waals surface area contributed by atoms with Gasteiger partial charge in [0.25, 0.3) is 0 Å². The van der Waals surface area contributed by atoms with Crippen LogP contribution in [-0.2, 0) is 6.54 Å². The first-order valence-corrected chi connectivity index (χ1v) is 6.22. The lowest BCUT2D eigenvalue weighted by Gasteiger charge is -2.27. The molecule has 2 rings (SSSR count). The van der Waals surface area contributed by atoms with Crippen molar-refractivity contribution in [3.8, 4) is 0 Å². The van der Waals surface area contributed by atoms with Gasteiger partial charge < -0.3 is 15.7 Å². The van der Waals surface area contributed by atoms with Crippen LogP contribution in [0.5, 0.6) is 0 Å². The Balaban J connectivity index is 0.00000180. The van der Waals surface area contributed by atoms with Gasteiger partial charge in [0.15, 0.2) is 0 Å². The lowest BCUT2D eigenvalue weighted by atomic mass is 10.0. The molecular weight excluding hydrogens is 301 g/mol. The number of nitrogens with zero attached hydrogens (tertiary/aromatic N) is 3. The molecular formula is C12H23Cl2N5O. The molecule has 6 nitrogen and oxygen atoms in total. The summed E-state index contributed by atoms with van der Waals surface area (Å²) in [5, 5.41) is 16.4. The number of nitrogens with one attached hydrogen (secondary N) is 2. The summed E-state index contributed by atoms with van der Waals surface area (Å²) in [4.78, 5) is 10.5. The van der Waals surface area contributed by atoms with Gasteiger partial charge in [-0.15, -0.1) is 24.8 Å². The van der Waals surface area contributed by atoms with E-state index in [0.717, 1.165) is 25.1 Å². The molecule has 1 aromatic rings. The summed E-state index contributed by atoms with van der Waals surface area (Å²) in [5.74, 6) is 0.625. The van der Waals surface area contributed by atoms with Gasteiger partial charge in [-0.3, -0.25) is 4.90 Å². The minimum absolute atomic E-state index is 0. The van der Waals surface area contributed by atoms with E-state index in [1.54, 1.807) is 7.05 Å². The zero-order chi connectivity index (χ0) is 13.0. The van der Waals surface area contributed by atoms with E-state index in [9.17, 15) is 5.11 Å². The van der Waals surface area contributed by atoms with E-state index in [2.05, 4.69) is 25.5 Å². The molecule has 1 aromatic heterocycles. The SMILES string of the molecule is CNc1ncc(CN(C)CC2(O)CCNC2)cn1.Cl.Cl. The molecule has 116 valence electrons. The Morgan fingerprint density at radius 2 is 2.05 bits per heavy atom. The molecule has 1 unspecified atom stereocenters. The highest BCUT2D eigenvalue weighted by atomic mass is 35.5. The number of aromatic nitrogens is 2. The maximum atomic E-state index is 10.3. The number of hydrogen-bond acceptors (Lipinski definition) is 6. The maximum absolute atomic E-state index is 10.3. The molecule has 1 atom stereocenters. The van der Waals surface area contributed by atoms with Crippen molar-refractivity contribution >= 4 is 30.8 Å². The maximum Gasteiger partial charge on any atom is 0.222 e. The number of likely N-dealkylation sites (N-methyl/N-ethyl adjacent to an activating group) is 1. The van der Waals surface area contributed by atoms with Crippen LogP contribution in [0.2, 0.25) is 0 Å². The zero-order valence-corrected chi connectivity index (χ0v) is 13.4. The predicted molar refractivity (Wildman–Crippen MR) is 84.8 cm³/mol. The summed E-state index contributed by atoms with van der Waals surface area (Å²) in [6, 6.07) is 0. The Labute approximate surface area is 132 Å². The minimum atomic E-state index is -0.597. The third-order valence-corrected chi connectivity index (χ3v) is 3.17. The molecule has 0 radical (unpaired) electrons. The molecule has 1 fully saturated rings. The third-order valence-electron chi connectivity index (χ3n) is 3.17. The predicted octanol–water partition coefficient (Wildman–Crippen LogP) is 0.518. The fourth-order valence-electron chi connectivity index (χ4n) is 2.30. The second kappa shape index (κ2) is 8.59. The highest BCUT2D eigenvalue weighted by Gasteiger charge is 2.31. The van der Waals surface area contributed by atoms with Gasteiger partial charge in [0, 0.05) is 44.6 Å². The molecule has 1 aliphatic rings. The van der Waals surface area contributed by atoms with E-state index in [-0.39, 0.29) is 24.8 Å². The van der Waals surface area contributed by atoms with Gasteiger partial charge in [-0.05, 0) is 20.0 Å². The zero-order valence-electron chi connectivity index (χ0n) is 11.8. The van der Waals surface area contributed by atoms with E-state index in [1.165, 1.54) is 0 Å². The van der Waals surface area contributed by atoms with Gasteiger partial charge in [-0.2, -0.15) is 0 Å². The van der Waals surface area contributed by atoms with Crippen LogP contribution >= 0.6 is 24.8 Å². The third kappa shape index (κ3) is 5.38. The van der Waals surface area contributed by atoms with E-state index >= 15 is 0 Å². The largest absolute Gasteiger partial charge is 0.387 e. The van der Waals surface area contributed by atoms with Crippen LogP contribution in [-0.4, -0.2) is 59.3 Å². The molecule has 1 saturated heterocycles. The van der Waals surface area contributed by atoms with E-state index < -0.39 is 5.60 Å². The van der Waals surface area contributed by atoms with Gasteiger partial charge in [0.05, 0.1) is 5.60 Å². The van der Waals surface area contributed by atoms with Crippen molar-refractivity contribution in [2.75, 3.05) is 39.0 Å². The molecule has 0 aliphatic carbocycles. The second-order valence-electron chi connectivity index (χ2n) is 4.99. The molecule has 0 spiro atoms. The first-order chi connectivity index (χ1) is 8.61. The number of β-amino-alcohol motifs (C(OH)–C–C–N with tert-alkyl or cyclic N) is 1. The molecule has 1 aliphatic heterocycles. The molecule has 0 amide bonds. The van der Waals surface area contributed by atoms with Crippen LogP contribution in [0, 0.1) is 0 Å². The van der Waals surface area contributed by atoms with Gasteiger partial charge in [-0.25, -0.2) is 9.97 Å². The summed E-state index contributed by atoms with van der Waals surface area (Å²) < 4.78 is 0. The lowest BCUT2D eigenvalue weighted by molar-refractivity contribution is 0.0263. The average molecular weight is 324 g/mol. The van der Waals surface area contributed by atoms with Gasteiger partial charge >= 0.3 is 0 Å². The van der Waals surface area contributed by atoms with E-state index in [1.807, 2.05) is 19.4 Å². The van der Waals surface area contributed by atoms with Crippen LogP contribution < -0.4 is 10.6 Å². The Bertz CT molecular complexity index is 384. The topological polar surface area (TPSA) is 73.3 Å². The van der Waals surface area contributed by atoms with Crippen LogP contribution in [0.15, 0.2) is 12.4 Å². The molecule has 8 heteroatoms. The molecule has 2 heterocycles. The quantitative estimate of drug-likeness (QED) is 0.733. The summed E-state index contributed by atoms with van der Waals surface area (Å²) in [6.07, 6.45) is 4.44. The Morgan fingerprint density at radius 3 is 2.55 bits per heavy atom. The van der Waals surface area contributed by atoms with Crippen molar-refractivity contribution < 1.29 is 5.11 Å². The lowest BCUT2D eigenvalue weighted by Crippen LogP contribution is -2.42. The van der Waals surface area contributed by atoms with Crippen LogP contribution in [0.25, 0.3) is 0 Å². The van der Waals surface area contributed by atoms with Crippen LogP contribution in [0.4, 0.5) is 5.95 Å². The van der Waals surface area contributed by atoms with Crippen molar-refractivity contribution in [1.82, 2.24) is 20.2 Å². The molecule has 0 saturated carbocycles. The monoisotopic (exact) mass is 323 g/mol. The average Bonchev–Trinajstić information content (AvgIpc) is 2.76. The Kier molecular flexibility index (Phi) is 8.30. The van der Waals surface area contributed by atoms with Crippen LogP contribution in [0.1, 0.15) is 12.0 Å². The summed E-state index contributed by atoms with van der Waals surface area (Å²) in [6.45, 7) is 2.97. The van der Waals surface area contributed by atoms with Crippen molar-refractivity contribution in [2.24, 2.45) is 0 Å². The highest BCUT2D eigenvalue weighted by molar-refractivity contribution is 5.85. The molecule has 0 aromatic carbocycles. The Hall–Kier alpha value is -0.660. The van der Waals surface area contributed by atoms with E-state index in [0.29, 0.717) is 19.0 Å². The Morgan fingerprint density at radius 1 is 1.40 bits per heavy atom. The van der Waals surface area contributed by atoms with Crippen molar-refractivity contribution in [1.29, 1.82) is 0 Å².